The molecule has 0 amide bonds. The van der Waals surface area contributed by atoms with Crippen molar-refractivity contribution in [2.45, 2.75) is 26.6 Å². The van der Waals surface area contributed by atoms with Crippen molar-refractivity contribution < 1.29 is 18.6 Å². The van der Waals surface area contributed by atoms with Gasteiger partial charge in [0.15, 0.2) is 11.6 Å². The molecule has 20 heavy (non-hydrogen) atoms. The quantitative estimate of drug-likeness (QED) is 0.919. The largest absolute Gasteiger partial charge is 0.488 e. The van der Waals surface area contributed by atoms with Crippen LogP contribution < -0.4 is 4.74 Å². The average molecular weight is 278 g/mol. The van der Waals surface area contributed by atoms with E-state index in [-0.39, 0.29) is 12.2 Å². The second-order valence-electron chi connectivity index (χ2n) is 4.72. The van der Waals surface area contributed by atoms with Crippen LogP contribution in [0, 0.1) is 18.6 Å². The SMILES string of the molecule is Cc1ccc(OCc2cccc(F)c2F)c([C@H](C)O)c1. The predicted octanol–water partition coefficient (Wildman–Crippen LogP) is 3.91. The molecule has 0 saturated heterocycles. The highest BCUT2D eigenvalue weighted by atomic mass is 19.2. The molecule has 0 saturated carbocycles. The summed E-state index contributed by atoms with van der Waals surface area (Å²) in [5, 5.41) is 9.71. The van der Waals surface area contributed by atoms with Crippen molar-refractivity contribution >= 4 is 0 Å². The van der Waals surface area contributed by atoms with Crippen LogP contribution in [0.25, 0.3) is 0 Å². The van der Waals surface area contributed by atoms with Crippen LogP contribution in [0.15, 0.2) is 36.4 Å². The van der Waals surface area contributed by atoms with Crippen LogP contribution in [0.3, 0.4) is 0 Å². The number of ether oxygens (including phenoxy) is 1. The fourth-order valence-corrected chi connectivity index (χ4v) is 1.94. The lowest BCUT2D eigenvalue weighted by Crippen LogP contribution is -2.04. The Balaban J connectivity index is 2.21. The lowest BCUT2D eigenvalue weighted by atomic mass is 10.1. The summed E-state index contributed by atoms with van der Waals surface area (Å²) in [5.41, 5.74) is 1.76. The Morgan fingerprint density at radius 2 is 1.95 bits per heavy atom. The number of aryl methyl sites for hydroxylation is 1. The summed E-state index contributed by atoms with van der Waals surface area (Å²) in [6.45, 7) is 3.44. The van der Waals surface area contributed by atoms with E-state index in [0.29, 0.717) is 11.3 Å². The van der Waals surface area contributed by atoms with E-state index in [2.05, 4.69) is 0 Å². The molecule has 1 N–H and O–H groups in total. The molecule has 0 heterocycles. The number of halogens is 2. The van der Waals surface area contributed by atoms with Gasteiger partial charge in [-0.1, -0.05) is 23.8 Å². The Morgan fingerprint density at radius 3 is 2.65 bits per heavy atom. The maximum Gasteiger partial charge on any atom is 0.165 e. The van der Waals surface area contributed by atoms with Crippen molar-refractivity contribution in [3.05, 3.63) is 64.7 Å². The Hall–Kier alpha value is -1.94. The highest BCUT2D eigenvalue weighted by molar-refractivity contribution is 5.38. The van der Waals surface area contributed by atoms with Gasteiger partial charge in [-0.25, -0.2) is 8.78 Å². The minimum Gasteiger partial charge on any atom is -0.488 e. The molecule has 2 aromatic carbocycles. The van der Waals surface area contributed by atoms with E-state index in [0.717, 1.165) is 11.6 Å². The Kier molecular flexibility index (Phi) is 4.35. The van der Waals surface area contributed by atoms with Gasteiger partial charge in [-0.15, -0.1) is 0 Å². The van der Waals surface area contributed by atoms with Crippen molar-refractivity contribution in [3.63, 3.8) is 0 Å². The topological polar surface area (TPSA) is 29.5 Å². The van der Waals surface area contributed by atoms with E-state index in [1.54, 1.807) is 13.0 Å². The fourth-order valence-electron chi connectivity index (χ4n) is 1.94. The summed E-state index contributed by atoms with van der Waals surface area (Å²) in [7, 11) is 0. The van der Waals surface area contributed by atoms with Gasteiger partial charge < -0.3 is 9.84 Å². The molecule has 0 unspecified atom stereocenters. The van der Waals surface area contributed by atoms with Gasteiger partial charge in [0.1, 0.15) is 12.4 Å². The lowest BCUT2D eigenvalue weighted by molar-refractivity contribution is 0.189. The number of aliphatic hydroxyl groups excluding tert-OH is 1. The minimum atomic E-state index is -0.904. The molecule has 0 aliphatic carbocycles. The van der Waals surface area contributed by atoms with Crippen LogP contribution in [0.1, 0.15) is 29.7 Å². The summed E-state index contributed by atoms with van der Waals surface area (Å²) in [5.74, 6) is -1.33. The number of aliphatic hydroxyl groups is 1. The molecular formula is C16H16F2O2. The molecular weight excluding hydrogens is 262 g/mol. The summed E-state index contributed by atoms with van der Waals surface area (Å²) < 4.78 is 32.1. The molecule has 0 radical (unpaired) electrons. The van der Waals surface area contributed by atoms with Gasteiger partial charge in [-0.2, -0.15) is 0 Å². The van der Waals surface area contributed by atoms with Gasteiger partial charge in [-0.05, 0) is 32.0 Å². The van der Waals surface area contributed by atoms with Crippen molar-refractivity contribution in [2.75, 3.05) is 0 Å². The summed E-state index contributed by atoms with van der Waals surface area (Å²) in [4.78, 5) is 0. The zero-order valence-corrected chi connectivity index (χ0v) is 11.4. The molecule has 2 rings (SSSR count). The standard InChI is InChI=1S/C16H16F2O2/c1-10-6-7-15(13(8-10)11(2)19)20-9-12-4-3-5-14(17)16(12)18/h3-8,11,19H,9H2,1-2H3/t11-/m0/s1. The van der Waals surface area contributed by atoms with E-state index >= 15 is 0 Å². The van der Waals surface area contributed by atoms with Gasteiger partial charge in [0, 0.05) is 11.1 Å². The normalized spacial score (nSPS) is 12.2. The van der Waals surface area contributed by atoms with E-state index in [1.807, 2.05) is 19.1 Å². The first-order valence-corrected chi connectivity index (χ1v) is 6.33. The monoisotopic (exact) mass is 278 g/mol. The van der Waals surface area contributed by atoms with E-state index in [1.165, 1.54) is 12.1 Å². The lowest BCUT2D eigenvalue weighted by Gasteiger charge is -2.14. The molecule has 1 atom stereocenters. The van der Waals surface area contributed by atoms with Crippen LogP contribution in [-0.4, -0.2) is 5.11 Å². The molecule has 0 aliphatic rings. The van der Waals surface area contributed by atoms with Crippen molar-refractivity contribution in [3.8, 4) is 5.75 Å². The van der Waals surface area contributed by atoms with Crippen LogP contribution in [0.5, 0.6) is 5.75 Å². The van der Waals surface area contributed by atoms with Gasteiger partial charge >= 0.3 is 0 Å². The smallest absolute Gasteiger partial charge is 0.165 e. The summed E-state index contributed by atoms with van der Waals surface area (Å²) >= 11 is 0. The van der Waals surface area contributed by atoms with Crippen LogP contribution >= 0.6 is 0 Å². The van der Waals surface area contributed by atoms with Crippen LogP contribution in [-0.2, 0) is 6.61 Å². The highest BCUT2D eigenvalue weighted by Crippen LogP contribution is 2.27. The third kappa shape index (κ3) is 3.14. The second kappa shape index (κ2) is 6.01. The second-order valence-corrected chi connectivity index (χ2v) is 4.72. The molecule has 0 bridgehead atoms. The molecule has 0 aliphatic heterocycles. The van der Waals surface area contributed by atoms with Gasteiger partial charge in [0.05, 0.1) is 6.10 Å². The first-order chi connectivity index (χ1) is 9.49. The Labute approximate surface area is 116 Å². The third-order valence-electron chi connectivity index (χ3n) is 3.03. The first-order valence-electron chi connectivity index (χ1n) is 6.33. The molecule has 106 valence electrons. The number of hydrogen-bond donors (Lipinski definition) is 1. The predicted molar refractivity (Wildman–Crippen MR) is 72.5 cm³/mol. The van der Waals surface area contributed by atoms with Crippen LogP contribution in [0.4, 0.5) is 8.78 Å². The molecule has 2 nitrogen and oxygen atoms in total. The maximum absolute atomic E-state index is 13.5. The van der Waals surface area contributed by atoms with Gasteiger partial charge in [0.2, 0.25) is 0 Å². The highest BCUT2D eigenvalue weighted by Gasteiger charge is 2.12. The number of rotatable bonds is 4. The molecule has 2 aromatic rings. The molecule has 0 aromatic heterocycles. The number of benzene rings is 2. The summed E-state index contributed by atoms with van der Waals surface area (Å²) in [6, 6.07) is 9.32. The number of hydrogen-bond acceptors (Lipinski definition) is 2. The van der Waals surface area contributed by atoms with Crippen LogP contribution in [0.2, 0.25) is 0 Å². The first kappa shape index (κ1) is 14.5. The van der Waals surface area contributed by atoms with Gasteiger partial charge in [0.25, 0.3) is 0 Å². The average Bonchev–Trinajstić information content (AvgIpc) is 2.41. The zero-order chi connectivity index (χ0) is 14.7. The molecule has 0 fully saturated rings. The van der Waals surface area contributed by atoms with E-state index in [9.17, 15) is 13.9 Å². The molecule has 0 spiro atoms. The summed E-state index contributed by atoms with van der Waals surface area (Å²) in [6.07, 6.45) is -0.692. The fraction of sp³-hybridized carbons (Fsp3) is 0.250. The third-order valence-corrected chi connectivity index (χ3v) is 3.03. The van der Waals surface area contributed by atoms with Crippen molar-refractivity contribution in [2.24, 2.45) is 0 Å². The van der Waals surface area contributed by atoms with Crippen molar-refractivity contribution in [1.29, 1.82) is 0 Å². The van der Waals surface area contributed by atoms with E-state index in [4.69, 9.17) is 4.74 Å². The van der Waals surface area contributed by atoms with E-state index < -0.39 is 17.7 Å². The zero-order valence-electron chi connectivity index (χ0n) is 11.4. The Bertz CT molecular complexity index is 609. The minimum absolute atomic E-state index is 0.0909. The van der Waals surface area contributed by atoms with Crippen molar-refractivity contribution in [1.82, 2.24) is 0 Å². The molecule has 4 heteroatoms. The maximum atomic E-state index is 13.5. The van der Waals surface area contributed by atoms with Gasteiger partial charge in [-0.3, -0.25) is 0 Å². The Morgan fingerprint density at radius 1 is 1.20 bits per heavy atom.